The van der Waals surface area contributed by atoms with E-state index in [9.17, 15) is 0 Å². The Morgan fingerprint density at radius 2 is 2.17 bits per heavy atom. The van der Waals surface area contributed by atoms with E-state index in [4.69, 9.17) is 5.26 Å². The Labute approximate surface area is 79.7 Å². The molecule has 1 unspecified atom stereocenters. The molecule has 0 heterocycles. The largest absolute Gasteiger partial charge is 0.305 e. The number of rotatable bonds is 6. The minimum absolute atomic E-state index is 0.0321. The lowest BCUT2D eigenvalue weighted by Gasteiger charge is -2.07. The predicted octanol–water partition coefficient (Wildman–Crippen LogP) is 1.88. The molecule has 1 N–H and O–H groups in total. The second kappa shape index (κ2) is 7.45. The lowest BCUT2D eigenvalue weighted by atomic mass is 10.2. The number of nitrogens with one attached hydrogen (secondary N) is 1. The molecule has 0 aromatic rings. The third-order valence-electron chi connectivity index (χ3n) is 1.51. The Bertz CT molecular complexity index is 140. The number of nitriles is 1. The molecule has 0 radical (unpaired) electrons. The molecule has 0 fully saturated rings. The number of hydrogen-bond donors (Lipinski definition) is 1. The van der Waals surface area contributed by atoms with Crippen molar-refractivity contribution in [3.63, 3.8) is 0 Å². The molecular weight excluding hydrogens is 168 g/mol. The van der Waals surface area contributed by atoms with Crippen LogP contribution in [0.4, 0.5) is 0 Å². The molecule has 0 aliphatic carbocycles. The van der Waals surface area contributed by atoms with Crippen LogP contribution in [0.3, 0.4) is 0 Å². The van der Waals surface area contributed by atoms with Crippen LogP contribution in [0.15, 0.2) is 0 Å². The van der Waals surface area contributed by atoms with E-state index < -0.39 is 0 Å². The van der Waals surface area contributed by atoms with Gasteiger partial charge in [-0.25, -0.2) is 0 Å². The van der Waals surface area contributed by atoms with Crippen LogP contribution >= 0.6 is 11.8 Å². The van der Waals surface area contributed by atoms with Gasteiger partial charge in [-0.1, -0.05) is 13.8 Å². The molecule has 70 valence electrons. The zero-order valence-corrected chi connectivity index (χ0v) is 8.95. The predicted molar refractivity (Wildman–Crippen MR) is 55.2 cm³/mol. The summed E-state index contributed by atoms with van der Waals surface area (Å²) in [6.45, 7) is 4.43. The molecule has 0 aliphatic rings. The van der Waals surface area contributed by atoms with Crippen LogP contribution in [0, 0.1) is 17.2 Å². The number of hydrogen-bond acceptors (Lipinski definition) is 3. The first-order valence-corrected chi connectivity index (χ1v) is 5.50. The van der Waals surface area contributed by atoms with Crippen LogP contribution in [0.25, 0.3) is 0 Å². The Morgan fingerprint density at radius 1 is 1.50 bits per heavy atom. The van der Waals surface area contributed by atoms with Crippen LogP contribution in [-0.2, 0) is 0 Å². The Morgan fingerprint density at radius 3 is 2.58 bits per heavy atom. The highest BCUT2D eigenvalue weighted by Gasteiger charge is 2.02. The van der Waals surface area contributed by atoms with Crippen molar-refractivity contribution in [1.82, 2.24) is 5.32 Å². The van der Waals surface area contributed by atoms with Gasteiger partial charge in [0.15, 0.2) is 0 Å². The third-order valence-corrected chi connectivity index (χ3v) is 2.93. The average molecular weight is 186 g/mol. The van der Waals surface area contributed by atoms with Gasteiger partial charge in [-0.2, -0.15) is 17.0 Å². The van der Waals surface area contributed by atoms with E-state index in [1.165, 1.54) is 5.75 Å². The fourth-order valence-electron chi connectivity index (χ4n) is 0.794. The second-order valence-corrected chi connectivity index (χ2v) is 4.38. The summed E-state index contributed by atoms with van der Waals surface area (Å²) < 4.78 is 0. The highest BCUT2D eigenvalue weighted by Crippen LogP contribution is 2.09. The zero-order valence-electron chi connectivity index (χ0n) is 8.13. The zero-order chi connectivity index (χ0) is 9.40. The van der Waals surface area contributed by atoms with E-state index in [0.717, 1.165) is 18.1 Å². The summed E-state index contributed by atoms with van der Waals surface area (Å²) in [5.41, 5.74) is 0. The quantitative estimate of drug-likeness (QED) is 0.643. The van der Waals surface area contributed by atoms with Crippen molar-refractivity contribution in [3.8, 4) is 6.07 Å². The maximum Gasteiger partial charge on any atom is 0.0958 e. The average Bonchev–Trinajstić information content (AvgIpc) is 2.04. The molecule has 2 nitrogen and oxygen atoms in total. The Kier molecular flexibility index (Phi) is 7.33. The number of thioether (sulfide) groups is 1. The molecule has 1 atom stereocenters. The minimum Gasteiger partial charge on any atom is -0.305 e. The summed E-state index contributed by atoms with van der Waals surface area (Å²) in [6.07, 6.45) is 0.949. The lowest BCUT2D eigenvalue weighted by molar-refractivity contribution is 0.662. The van der Waals surface area contributed by atoms with Crippen molar-refractivity contribution in [3.05, 3.63) is 0 Å². The van der Waals surface area contributed by atoms with Crippen molar-refractivity contribution in [2.75, 3.05) is 18.6 Å². The van der Waals surface area contributed by atoms with Gasteiger partial charge in [-0.15, -0.1) is 0 Å². The smallest absolute Gasteiger partial charge is 0.0958 e. The fourth-order valence-corrected chi connectivity index (χ4v) is 1.83. The summed E-state index contributed by atoms with van der Waals surface area (Å²) in [4.78, 5) is 0. The first kappa shape index (κ1) is 11.8. The standard InChI is InChI=1S/C9H18N2S/c1-8(2)7-12-5-4-9(6-10)11-3/h8-9,11H,4-5,7H2,1-3H3. The van der Waals surface area contributed by atoms with Crippen LogP contribution in [0.2, 0.25) is 0 Å². The second-order valence-electron chi connectivity index (χ2n) is 3.23. The van der Waals surface area contributed by atoms with Crippen LogP contribution < -0.4 is 5.32 Å². The van der Waals surface area contributed by atoms with E-state index in [-0.39, 0.29) is 6.04 Å². The maximum absolute atomic E-state index is 8.61. The first-order chi connectivity index (χ1) is 5.70. The molecule has 0 amide bonds. The summed E-state index contributed by atoms with van der Waals surface area (Å²) >= 11 is 1.93. The van der Waals surface area contributed by atoms with Gasteiger partial charge in [0.05, 0.1) is 12.1 Å². The molecule has 12 heavy (non-hydrogen) atoms. The van der Waals surface area contributed by atoms with E-state index >= 15 is 0 Å². The van der Waals surface area contributed by atoms with Gasteiger partial charge in [-0.3, -0.25) is 0 Å². The molecule has 0 aromatic carbocycles. The summed E-state index contributed by atoms with van der Waals surface area (Å²) in [6, 6.07) is 2.25. The molecule has 0 saturated heterocycles. The van der Waals surface area contributed by atoms with Gasteiger partial charge in [-0.05, 0) is 30.9 Å². The van der Waals surface area contributed by atoms with Gasteiger partial charge >= 0.3 is 0 Å². The molecule has 0 aromatic heterocycles. The fraction of sp³-hybridized carbons (Fsp3) is 0.889. The van der Waals surface area contributed by atoms with E-state index in [2.05, 4.69) is 25.2 Å². The molecule has 0 rings (SSSR count). The topological polar surface area (TPSA) is 35.8 Å². The number of nitrogens with zero attached hydrogens (tertiary/aromatic N) is 1. The van der Waals surface area contributed by atoms with Crippen molar-refractivity contribution in [1.29, 1.82) is 5.26 Å². The highest BCUT2D eigenvalue weighted by molar-refractivity contribution is 7.99. The van der Waals surface area contributed by atoms with Crippen LogP contribution in [0.5, 0.6) is 0 Å². The first-order valence-electron chi connectivity index (χ1n) is 4.35. The van der Waals surface area contributed by atoms with Crippen molar-refractivity contribution < 1.29 is 0 Å². The van der Waals surface area contributed by atoms with Crippen molar-refractivity contribution in [2.24, 2.45) is 5.92 Å². The van der Waals surface area contributed by atoms with Crippen molar-refractivity contribution >= 4 is 11.8 Å². The molecule has 0 saturated carbocycles. The minimum atomic E-state index is 0.0321. The molecule has 3 heteroatoms. The van der Waals surface area contributed by atoms with Gasteiger partial charge in [0.1, 0.15) is 0 Å². The molecule has 0 spiro atoms. The molecule has 0 aliphatic heterocycles. The molecule has 0 bridgehead atoms. The monoisotopic (exact) mass is 186 g/mol. The highest BCUT2D eigenvalue weighted by atomic mass is 32.2. The van der Waals surface area contributed by atoms with E-state index in [1.807, 2.05) is 18.8 Å². The third kappa shape index (κ3) is 6.51. The summed E-state index contributed by atoms with van der Waals surface area (Å²) in [5.74, 6) is 3.03. The Balaban J connectivity index is 3.25. The normalized spacial score (nSPS) is 12.9. The van der Waals surface area contributed by atoms with Gasteiger partial charge < -0.3 is 5.32 Å². The summed E-state index contributed by atoms with van der Waals surface area (Å²) in [7, 11) is 1.83. The van der Waals surface area contributed by atoms with Crippen molar-refractivity contribution in [2.45, 2.75) is 26.3 Å². The molecular formula is C9H18N2S. The SMILES string of the molecule is CNC(C#N)CCSCC(C)C. The van der Waals surface area contributed by atoms with Gasteiger partial charge in [0.2, 0.25) is 0 Å². The summed E-state index contributed by atoms with van der Waals surface area (Å²) in [5, 5.41) is 11.6. The van der Waals surface area contributed by atoms with Gasteiger partial charge in [0, 0.05) is 0 Å². The maximum atomic E-state index is 8.61. The van der Waals surface area contributed by atoms with Gasteiger partial charge in [0.25, 0.3) is 0 Å². The van der Waals surface area contributed by atoms with E-state index in [0.29, 0.717) is 0 Å². The van der Waals surface area contributed by atoms with E-state index in [1.54, 1.807) is 0 Å². The Hall–Kier alpha value is -0.200. The lowest BCUT2D eigenvalue weighted by Crippen LogP contribution is -2.23. The van der Waals surface area contributed by atoms with Crippen LogP contribution in [-0.4, -0.2) is 24.6 Å². The van der Waals surface area contributed by atoms with Crippen LogP contribution in [0.1, 0.15) is 20.3 Å².